The largest absolute Gasteiger partial charge is 1.00 e. The van der Waals surface area contributed by atoms with E-state index in [1.165, 1.54) is 0 Å². The van der Waals surface area contributed by atoms with Gasteiger partial charge in [-0.3, -0.25) is 0 Å². The maximum atomic E-state index is 9.70. The van der Waals surface area contributed by atoms with Crippen LogP contribution in [0.3, 0.4) is 0 Å². The Hall–Kier alpha value is 0.230. The molecule has 0 saturated heterocycles. The molecule has 0 fully saturated rings. The van der Waals surface area contributed by atoms with Gasteiger partial charge in [-0.1, -0.05) is 13.2 Å². The summed E-state index contributed by atoms with van der Waals surface area (Å²) in [6.07, 6.45) is 2.31. The number of halogens is 3. The number of rotatable bonds is 10. The van der Waals surface area contributed by atoms with Crippen molar-refractivity contribution in [1.82, 2.24) is 0 Å². The Kier molecular flexibility index (Phi) is 12.7. The summed E-state index contributed by atoms with van der Waals surface area (Å²) >= 11 is 11.3. The van der Waals surface area contributed by atoms with Crippen LogP contribution in [0.4, 0.5) is 0 Å². The average Bonchev–Trinajstić information content (AvgIpc) is 2.29. The molecule has 108 valence electrons. The van der Waals surface area contributed by atoms with Crippen LogP contribution < -0.4 is 12.4 Å². The lowest BCUT2D eigenvalue weighted by molar-refractivity contribution is -0.922. The van der Waals surface area contributed by atoms with Crippen molar-refractivity contribution in [2.75, 3.05) is 37.9 Å². The van der Waals surface area contributed by atoms with Crippen LogP contribution in [0.2, 0.25) is 0 Å². The fourth-order valence-electron chi connectivity index (χ4n) is 1.99. The molecule has 0 radical (unpaired) electrons. The topological polar surface area (TPSA) is 40.5 Å². The highest BCUT2D eigenvalue weighted by Gasteiger charge is 2.30. The van der Waals surface area contributed by atoms with Crippen molar-refractivity contribution >= 4 is 23.2 Å². The van der Waals surface area contributed by atoms with Gasteiger partial charge in [0.15, 0.2) is 0 Å². The molecule has 0 heterocycles. The molecule has 6 heteroatoms. The highest BCUT2D eigenvalue weighted by atomic mass is 35.5. The summed E-state index contributed by atoms with van der Waals surface area (Å²) in [5.41, 5.74) is 0. The summed E-state index contributed by atoms with van der Waals surface area (Å²) < 4.78 is 0.467. The third-order valence-electron chi connectivity index (χ3n) is 2.59. The lowest BCUT2D eigenvalue weighted by atomic mass is 10.2. The molecule has 0 amide bonds. The minimum atomic E-state index is -0.612. The molecule has 2 unspecified atom stereocenters. The van der Waals surface area contributed by atoms with Crippen molar-refractivity contribution in [2.24, 2.45) is 0 Å². The fourth-order valence-corrected chi connectivity index (χ4v) is 2.18. The van der Waals surface area contributed by atoms with Crippen LogP contribution in [0.1, 0.15) is 0 Å². The summed E-state index contributed by atoms with van der Waals surface area (Å²) in [5, 5.41) is 19.4. The lowest BCUT2D eigenvalue weighted by Crippen LogP contribution is -3.00. The SMILES string of the molecule is C=CC[N+](CC=C)(CC(O)CCl)CC(O)CCl.[Cl-]. The second kappa shape index (κ2) is 11.1. The zero-order valence-corrected chi connectivity index (χ0v) is 12.7. The third kappa shape index (κ3) is 7.62. The Morgan fingerprint density at radius 3 is 1.50 bits per heavy atom. The summed E-state index contributed by atoms with van der Waals surface area (Å²) in [6.45, 7) is 9.60. The van der Waals surface area contributed by atoms with E-state index in [4.69, 9.17) is 23.2 Å². The molecule has 0 bridgehead atoms. The molecule has 0 saturated carbocycles. The Balaban J connectivity index is 0. The normalized spacial score (nSPS) is 14.4. The Labute approximate surface area is 126 Å². The van der Waals surface area contributed by atoms with Crippen molar-refractivity contribution < 1.29 is 27.1 Å². The fraction of sp³-hybridized carbons (Fsp3) is 0.667. The molecular formula is C12H22Cl3NO2. The molecule has 0 aromatic heterocycles. The van der Waals surface area contributed by atoms with Crippen LogP contribution in [-0.2, 0) is 0 Å². The van der Waals surface area contributed by atoms with Crippen molar-refractivity contribution in [2.45, 2.75) is 12.2 Å². The molecule has 0 aromatic carbocycles. The van der Waals surface area contributed by atoms with Gasteiger partial charge in [-0.25, -0.2) is 0 Å². The average molecular weight is 319 g/mol. The minimum absolute atomic E-state index is 0. The molecule has 0 aliphatic heterocycles. The van der Waals surface area contributed by atoms with E-state index in [1.807, 2.05) is 0 Å². The quantitative estimate of drug-likeness (QED) is 0.289. The number of nitrogens with zero attached hydrogens (tertiary/aromatic N) is 1. The summed E-state index contributed by atoms with van der Waals surface area (Å²) in [6, 6.07) is 0. The van der Waals surface area contributed by atoms with Crippen LogP contribution >= 0.6 is 23.2 Å². The maximum absolute atomic E-state index is 9.70. The molecule has 3 nitrogen and oxygen atoms in total. The maximum Gasteiger partial charge on any atom is 0.116 e. The lowest BCUT2D eigenvalue weighted by Gasteiger charge is -2.39. The molecule has 0 rings (SSSR count). The highest BCUT2D eigenvalue weighted by molar-refractivity contribution is 6.18. The van der Waals surface area contributed by atoms with Crippen LogP contribution in [0.25, 0.3) is 0 Å². The van der Waals surface area contributed by atoms with Gasteiger partial charge in [0.05, 0.1) is 24.8 Å². The molecule has 0 aliphatic rings. The first-order valence-electron chi connectivity index (χ1n) is 5.58. The predicted octanol–water partition coefficient (Wildman–Crippen LogP) is -1.62. The van der Waals surface area contributed by atoms with Gasteiger partial charge in [0.1, 0.15) is 25.3 Å². The zero-order chi connectivity index (χ0) is 13.3. The van der Waals surface area contributed by atoms with Gasteiger partial charge in [0, 0.05) is 0 Å². The first kappa shape index (κ1) is 20.5. The van der Waals surface area contributed by atoms with Gasteiger partial charge in [-0.2, -0.15) is 0 Å². The van der Waals surface area contributed by atoms with Crippen molar-refractivity contribution in [3.8, 4) is 0 Å². The van der Waals surface area contributed by atoms with E-state index < -0.39 is 12.2 Å². The van der Waals surface area contributed by atoms with E-state index in [9.17, 15) is 10.2 Å². The molecule has 0 aliphatic carbocycles. The number of aliphatic hydroxyl groups is 2. The summed E-state index contributed by atoms with van der Waals surface area (Å²) in [5.74, 6) is 0.344. The van der Waals surface area contributed by atoms with E-state index in [0.29, 0.717) is 30.7 Å². The highest BCUT2D eigenvalue weighted by Crippen LogP contribution is 2.12. The predicted molar refractivity (Wildman–Crippen MR) is 73.6 cm³/mol. The number of aliphatic hydroxyl groups excluding tert-OH is 2. The first-order valence-corrected chi connectivity index (χ1v) is 6.65. The second-order valence-electron chi connectivity index (χ2n) is 4.27. The van der Waals surface area contributed by atoms with E-state index in [2.05, 4.69) is 13.2 Å². The molecule has 0 aromatic rings. The number of hydrogen-bond acceptors (Lipinski definition) is 2. The minimum Gasteiger partial charge on any atom is -1.00 e. The molecule has 0 spiro atoms. The number of alkyl halides is 2. The second-order valence-corrected chi connectivity index (χ2v) is 4.88. The van der Waals surface area contributed by atoms with Gasteiger partial charge in [0.2, 0.25) is 0 Å². The van der Waals surface area contributed by atoms with Gasteiger partial charge in [-0.05, 0) is 12.2 Å². The van der Waals surface area contributed by atoms with E-state index in [0.717, 1.165) is 0 Å². The number of hydrogen-bond donors (Lipinski definition) is 2. The van der Waals surface area contributed by atoms with Gasteiger partial charge in [-0.15, -0.1) is 23.2 Å². The van der Waals surface area contributed by atoms with E-state index in [1.54, 1.807) is 12.2 Å². The van der Waals surface area contributed by atoms with Crippen LogP contribution in [0.5, 0.6) is 0 Å². The molecule has 18 heavy (non-hydrogen) atoms. The Morgan fingerprint density at radius 2 is 1.28 bits per heavy atom. The molecule has 2 atom stereocenters. The van der Waals surface area contributed by atoms with Gasteiger partial charge >= 0.3 is 0 Å². The van der Waals surface area contributed by atoms with Gasteiger partial charge < -0.3 is 27.1 Å². The van der Waals surface area contributed by atoms with Crippen LogP contribution in [0.15, 0.2) is 25.3 Å². The third-order valence-corrected chi connectivity index (χ3v) is 3.30. The van der Waals surface area contributed by atoms with Gasteiger partial charge in [0.25, 0.3) is 0 Å². The standard InChI is InChI=1S/C12H22Cl2NO2.ClH/c1-3-5-15(6-4-2,9-11(16)7-13)10-12(17)8-14;/h3-4,11-12,16-17H,1-2,5-10H2;1H/q+1;/p-1. The summed E-state index contributed by atoms with van der Waals surface area (Å²) in [7, 11) is 0. The molecule has 2 N–H and O–H groups in total. The Bertz CT molecular complexity index is 215. The zero-order valence-electron chi connectivity index (χ0n) is 10.4. The van der Waals surface area contributed by atoms with E-state index >= 15 is 0 Å². The first-order chi connectivity index (χ1) is 8.03. The summed E-state index contributed by atoms with van der Waals surface area (Å²) in [4.78, 5) is 0. The monoisotopic (exact) mass is 317 g/mol. The van der Waals surface area contributed by atoms with Crippen molar-refractivity contribution in [3.05, 3.63) is 25.3 Å². The number of quaternary nitrogens is 1. The van der Waals surface area contributed by atoms with Crippen LogP contribution in [-0.4, -0.2) is 64.8 Å². The Morgan fingerprint density at radius 1 is 0.944 bits per heavy atom. The van der Waals surface area contributed by atoms with Crippen molar-refractivity contribution in [3.63, 3.8) is 0 Å². The smallest absolute Gasteiger partial charge is 0.116 e. The van der Waals surface area contributed by atoms with E-state index in [-0.39, 0.29) is 24.2 Å². The van der Waals surface area contributed by atoms with Crippen molar-refractivity contribution in [1.29, 1.82) is 0 Å². The van der Waals surface area contributed by atoms with Crippen LogP contribution in [0, 0.1) is 0 Å². The molecular weight excluding hydrogens is 296 g/mol.